The van der Waals surface area contributed by atoms with Crippen LogP contribution in [-0.4, -0.2) is 4.57 Å². The van der Waals surface area contributed by atoms with Gasteiger partial charge in [0.2, 0.25) is 0 Å². The highest BCUT2D eigenvalue weighted by Crippen LogP contribution is 2.17. The van der Waals surface area contributed by atoms with Gasteiger partial charge in [-0.25, -0.2) is 0 Å². The lowest BCUT2D eigenvalue weighted by Crippen LogP contribution is -2.19. The molecule has 0 saturated heterocycles. The van der Waals surface area contributed by atoms with Gasteiger partial charge >= 0.3 is 0 Å². The van der Waals surface area contributed by atoms with E-state index in [1.54, 1.807) is 0 Å². The molecule has 1 unspecified atom stereocenters. The van der Waals surface area contributed by atoms with Gasteiger partial charge in [-0.1, -0.05) is 37.3 Å². The van der Waals surface area contributed by atoms with Crippen LogP contribution in [0.15, 0.2) is 42.6 Å². The molecule has 0 aliphatic heterocycles. The van der Waals surface area contributed by atoms with Gasteiger partial charge in [-0.2, -0.15) is 5.26 Å². The van der Waals surface area contributed by atoms with Crippen molar-refractivity contribution in [2.45, 2.75) is 25.9 Å². The molecule has 0 aliphatic carbocycles. The van der Waals surface area contributed by atoms with E-state index in [0.717, 1.165) is 18.5 Å². The number of nitrogens with one attached hydrogen (secondary N) is 1. The normalized spacial score (nSPS) is 12.1. The van der Waals surface area contributed by atoms with Gasteiger partial charge in [0.05, 0.1) is 0 Å². The second-order valence-electron chi connectivity index (χ2n) is 4.71. The number of aromatic nitrogens is 1. The highest BCUT2D eigenvalue weighted by Gasteiger charge is 2.09. The summed E-state index contributed by atoms with van der Waals surface area (Å²) in [6, 6.07) is 14.9. The van der Waals surface area contributed by atoms with Crippen molar-refractivity contribution in [3.63, 3.8) is 0 Å². The summed E-state index contributed by atoms with van der Waals surface area (Å²) in [6.07, 6.45) is 3.05. The molecular formula is C16H19N3. The first-order chi connectivity index (χ1) is 9.24. The summed E-state index contributed by atoms with van der Waals surface area (Å²) >= 11 is 0. The fourth-order valence-corrected chi connectivity index (χ4v) is 2.27. The average Bonchev–Trinajstić information content (AvgIpc) is 2.81. The molecule has 3 heteroatoms. The number of aryl methyl sites for hydroxylation is 1. The van der Waals surface area contributed by atoms with Crippen LogP contribution in [0.25, 0.3) is 0 Å². The van der Waals surface area contributed by atoms with Gasteiger partial charge in [-0.15, -0.1) is 0 Å². The van der Waals surface area contributed by atoms with Gasteiger partial charge in [-0.05, 0) is 23.6 Å². The Morgan fingerprint density at radius 1 is 1.32 bits per heavy atom. The van der Waals surface area contributed by atoms with E-state index in [1.807, 2.05) is 29.9 Å². The largest absolute Gasteiger partial charge is 0.342 e. The molecule has 0 spiro atoms. The van der Waals surface area contributed by atoms with Gasteiger partial charge < -0.3 is 9.88 Å². The first-order valence-corrected chi connectivity index (χ1v) is 6.58. The smallest absolute Gasteiger partial charge is 0.120 e. The summed E-state index contributed by atoms with van der Waals surface area (Å²) < 4.78 is 1.86. The fraction of sp³-hybridized carbons (Fsp3) is 0.312. The van der Waals surface area contributed by atoms with Crippen LogP contribution in [0.5, 0.6) is 0 Å². The Bertz CT molecular complexity index is 563. The van der Waals surface area contributed by atoms with Crippen molar-refractivity contribution < 1.29 is 0 Å². The zero-order valence-corrected chi connectivity index (χ0v) is 11.4. The second-order valence-corrected chi connectivity index (χ2v) is 4.71. The lowest BCUT2D eigenvalue weighted by molar-refractivity contribution is 0.519. The molecule has 0 aliphatic rings. The molecule has 0 bridgehead atoms. The molecule has 19 heavy (non-hydrogen) atoms. The number of rotatable bonds is 5. The van der Waals surface area contributed by atoms with Gasteiger partial charge in [0.25, 0.3) is 0 Å². The fourth-order valence-electron chi connectivity index (χ4n) is 2.27. The first kappa shape index (κ1) is 13.4. The maximum absolute atomic E-state index is 8.94. The Kier molecular flexibility index (Phi) is 4.38. The molecule has 0 saturated carbocycles. The van der Waals surface area contributed by atoms with Crippen molar-refractivity contribution >= 4 is 0 Å². The molecule has 2 rings (SSSR count). The molecule has 0 fully saturated rings. The monoisotopic (exact) mass is 253 g/mol. The third-order valence-corrected chi connectivity index (χ3v) is 3.34. The highest BCUT2D eigenvalue weighted by molar-refractivity contribution is 5.28. The molecule has 0 radical (unpaired) electrons. The molecule has 1 atom stereocenters. The van der Waals surface area contributed by atoms with E-state index in [0.29, 0.717) is 11.7 Å². The number of nitrogens with zero attached hydrogens (tertiary/aromatic N) is 2. The number of hydrogen-bond donors (Lipinski definition) is 1. The standard InChI is InChI=1S/C16H19N3/c1-3-16(14-7-5-4-6-8-14)18-11-13-9-15(10-17)19(2)12-13/h4-9,12,16,18H,3,11H2,1-2H3. The topological polar surface area (TPSA) is 40.8 Å². The Labute approximate surface area is 114 Å². The highest BCUT2D eigenvalue weighted by atomic mass is 14.9. The number of benzene rings is 1. The molecule has 3 nitrogen and oxygen atoms in total. The summed E-state index contributed by atoms with van der Waals surface area (Å²) in [4.78, 5) is 0. The number of hydrogen-bond acceptors (Lipinski definition) is 2. The summed E-state index contributed by atoms with van der Waals surface area (Å²) in [7, 11) is 1.90. The summed E-state index contributed by atoms with van der Waals surface area (Å²) in [5, 5.41) is 12.5. The van der Waals surface area contributed by atoms with E-state index in [1.165, 1.54) is 5.56 Å². The van der Waals surface area contributed by atoms with Crippen LogP contribution in [0, 0.1) is 11.3 Å². The first-order valence-electron chi connectivity index (χ1n) is 6.58. The van der Waals surface area contributed by atoms with Crippen LogP contribution in [0.2, 0.25) is 0 Å². The van der Waals surface area contributed by atoms with E-state index < -0.39 is 0 Å². The maximum atomic E-state index is 8.94. The van der Waals surface area contributed by atoms with E-state index in [9.17, 15) is 0 Å². The molecule has 98 valence electrons. The van der Waals surface area contributed by atoms with Crippen LogP contribution >= 0.6 is 0 Å². The lowest BCUT2D eigenvalue weighted by Gasteiger charge is -2.16. The predicted octanol–water partition coefficient (Wildman–Crippen LogP) is 3.14. The van der Waals surface area contributed by atoms with Crippen molar-refractivity contribution in [3.8, 4) is 6.07 Å². The van der Waals surface area contributed by atoms with Gasteiger partial charge in [0, 0.05) is 25.8 Å². The molecule has 1 N–H and O–H groups in total. The minimum Gasteiger partial charge on any atom is -0.342 e. The minimum absolute atomic E-state index is 0.354. The van der Waals surface area contributed by atoms with Crippen LogP contribution < -0.4 is 5.32 Å². The molecule has 1 aromatic heterocycles. The van der Waals surface area contributed by atoms with Gasteiger partial charge in [0.1, 0.15) is 11.8 Å². The molecule has 1 heterocycles. The lowest BCUT2D eigenvalue weighted by atomic mass is 10.0. The van der Waals surface area contributed by atoms with Crippen LogP contribution in [-0.2, 0) is 13.6 Å². The minimum atomic E-state index is 0.354. The third kappa shape index (κ3) is 3.24. The quantitative estimate of drug-likeness (QED) is 0.889. The van der Waals surface area contributed by atoms with E-state index in [2.05, 4.69) is 42.6 Å². The molecular weight excluding hydrogens is 234 g/mol. The Hall–Kier alpha value is -2.05. The predicted molar refractivity (Wildman–Crippen MR) is 76.4 cm³/mol. The van der Waals surface area contributed by atoms with Crippen molar-refractivity contribution in [1.29, 1.82) is 5.26 Å². The third-order valence-electron chi connectivity index (χ3n) is 3.34. The van der Waals surface area contributed by atoms with Crippen molar-refractivity contribution in [1.82, 2.24) is 9.88 Å². The maximum Gasteiger partial charge on any atom is 0.120 e. The van der Waals surface area contributed by atoms with E-state index >= 15 is 0 Å². The zero-order chi connectivity index (χ0) is 13.7. The molecule has 1 aromatic carbocycles. The van der Waals surface area contributed by atoms with Gasteiger partial charge in [-0.3, -0.25) is 0 Å². The Morgan fingerprint density at radius 3 is 2.63 bits per heavy atom. The van der Waals surface area contributed by atoms with Crippen LogP contribution in [0.1, 0.15) is 36.2 Å². The van der Waals surface area contributed by atoms with Crippen LogP contribution in [0.4, 0.5) is 0 Å². The summed E-state index contributed by atoms with van der Waals surface area (Å²) in [6.45, 7) is 2.96. The van der Waals surface area contributed by atoms with Crippen molar-refractivity contribution in [3.05, 3.63) is 59.4 Å². The summed E-state index contributed by atoms with van der Waals surface area (Å²) in [5.74, 6) is 0. The summed E-state index contributed by atoms with van der Waals surface area (Å²) in [5.41, 5.74) is 3.15. The van der Waals surface area contributed by atoms with Gasteiger partial charge in [0.15, 0.2) is 0 Å². The van der Waals surface area contributed by atoms with Crippen molar-refractivity contribution in [2.75, 3.05) is 0 Å². The van der Waals surface area contributed by atoms with Crippen LogP contribution in [0.3, 0.4) is 0 Å². The molecule has 0 amide bonds. The van der Waals surface area contributed by atoms with E-state index in [4.69, 9.17) is 5.26 Å². The van der Waals surface area contributed by atoms with E-state index in [-0.39, 0.29) is 0 Å². The average molecular weight is 253 g/mol. The zero-order valence-electron chi connectivity index (χ0n) is 11.4. The SMILES string of the molecule is CCC(NCc1cc(C#N)n(C)c1)c1ccccc1. The van der Waals surface area contributed by atoms with Crippen molar-refractivity contribution in [2.24, 2.45) is 7.05 Å². The number of nitriles is 1. The second kappa shape index (κ2) is 6.21. The molecule has 2 aromatic rings. The Balaban J connectivity index is 2.02. The Morgan fingerprint density at radius 2 is 2.05 bits per heavy atom.